The Morgan fingerprint density at radius 2 is 1.79 bits per heavy atom. The van der Waals surface area contributed by atoms with Crippen molar-refractivity contribution in [2.45, 2.75) is 32.2 Å². The Hall–Kier alpha value is -2.83. The standard InChI is InChI=1S/C27H36N4O2/c1-20(27(28)32)29-18-21-16-24-7-6-23(22-8-10-25(33-2)11-9-22)17-26(24)31(19-21)15-14-30-12-4-3-5-13-30/h6-11,16-17,20,29H,3-5,12-15,18-19H2,1-2H3,(H2,28,32)/t20-/m0/s1. The number of piperidine rings is 1. The highest BCUT2D eigenvalue weighted by Crippen LogP contribution is 2.33. The van der Waals surface area contributed by atoms with Crippen molar-refractivity contribution in [3.63, 3.8) is 0 Å². The highest BCUT2D eigenvalue weighted by Gasteiger charge is 2.21. The van der Waals surface area contributed by atoms with Gasteiger partial charge in [0.1, 0.15) is 5.75 Å². The largest absolute Gasteiger partial charge is 0.497 e. The molecule has 0 aliphatic carbocycles. The molecule has 0 spiro atoms. The van der Waals surface area contributed by atoms with Gasteiger partial charge in [0.2, 0.25) is 5.91 Å². The summed E-state index contributed by atoms with van der Waals surface area (Å²) in [5.41, 5.74) is 11.6. The summed E-state index contributed by atoms with van der Waals surface area (Å²) in [4.78, 5) is 16.5. The fourth-order valence-corrected chi connectivity index (χ4v) is 4.63. The van der Waals surface area contributed by atoms with E-state index in [0.717, 1.165) is 25.4 Å². The molecule has 1 fully saturated rings. The van der Waals surface area contributed by atoms with Crippen LogP contribution in [0.1, 0.15) is 31.7 Å². The van der Waals surface area contributed by atoms with Crippen LogP contribution in [0, 0.1) is 0 Å². The molecule has 33 heavy (non-hydrogen) atoms. The number of anilines is 1. The molecular formula is C27H36N4O2. The number of fused-ring (bicyclic) bond motifs is 1. The van der Waals surface area contributed by atoms with Crippen LogP contribution in [0.4, 0.5) is 5.69 Å². The molecule has 2 aromatic rings. The SMILES string of the molecule is COc1ccc(-c2ccc3c(c2)N(CCN2CCCCC2)CC(CN[C@@H](C)C(N)=O)=C3)cc1. The zero-order chi connectivity index (χ0) is 23.2. The van der Waals surface area contributed by atoms with Gasteiger partial charge in [-0.05, 0) is 73.3 Å². The van der Waals surface area contributed by atoms with E-state index in [2.05, 4.69) is 51.5 Å². The van der Waals surface area contributed by atoms with E-state index in [9.17, 15) is 4.79 Å². The summed E-state index contributed by atoms with van der Waals surface area (Å²) in [6.45, 7) is 7.79. The normalized spacial score (nSPS) is 17.3. The van der Waals surface area contributed by atoms with E-state index in [-0.39, 0.29) is 11.9 Å². The van der Waals surface area contributed by atoms with Crippen LogP contribution in [0.3, 0.4) is 0 Å². The molecule has 0 aromatic heterocycles. The summed E-state index contributed by atoms with van der Waals surface area (Å²) in [5.74, 6) is 0.544. The van der Waals surface area contributed by atoms with E-state index >= 15 is 0 Å². The molecule has 0 bridgehead atoms. The van der Waals surface area contributed by atoms with E-state index in [1.54, 1.807) is 7.11 Å². The molecular weight excluding hydrogens is 412 g/mol. The number of hydrogen-bond donors (Lipinski definition) is 2. The average molecular weight is 449 g/mol. The molecule has 6 nitrogen and oxygen atoms in total. The lowest BCUT2D eigenvalue weighted by Crippen LogP contribution is -2.43. The Balaban J connectivity index is 1.56. The van der Waals surface area contributed by atoms with Crippen LogP contribution in [0.2, 0.25) is 0 Å². The molecule has 0 radical (unpaired) electrons. The molecule has 1 saturated heterocycles. The highest BCUT2D eigenvalue weighted by atomic mass is 16.5. The van der Waals surface area contributed by atoms with Crippen LogP contribution >= 0.6 is 0 Å². The van der Waals surface area contributed by atoms with Gasteiger partial charge in [0.15, 0.2) is 0 Å². The van der Waals surface area contributed by atoms with E-state index in [4.69, 9.17) is 10.5 Å². The third-order valence-electron chi connectivity index (χ3n) is 6.74. The van der Waals surface area contributed by atoms with Gasteiger partial charge in [-0.25, -0.2) is 0 Å². The van der Waals surface area contributed by atoms with E-state index in [1.165, 1.54) is 60.3 Å². The number of likely N-dealkylation sites (tertiary alicyclic amines) is 1. The summed E-state index contributed by atoms with van der Waals surface area (Å²) in [6.07, 6.45) is 6.21. The minimum Gasteiger partial charge on any atom is -0.497 e. The van der Waals surface area contributed by atoms with Crippen molar-refractivity contribution < 1.29 is 9.53 Å². The third kappa shape index (κ3) is 5.95. The number of nitrogens with one attached hydrogen (secondary N) is 1. The van der Waals surface area contributed by atoms with Gasteiger partial charge >= 0.3 is 0 Å². The molecule has 1 atom stereocenters. The first kappa shape index (κ1) is 23.3. The third-order valence-corrected chi connectivity index (χ3v) is 6.74. The lowest BCUT2D eigenvalue weighted by molar-refractivity contribution is -0.119. The number of amides is 1. The fourth-order valence-electron chi connectivity index (χ4n) is 4.63. The van der Waals surface area contributed by atoms with Crippen LogP contribution in [0.15, 0.2) is 48.0 Å². The van der Waals surface area contributed by atoms with Crippen molar-refractivity contribution >= 4 is 17.7 Å². The van der Waals surface area contributed by atoms with Gasteiger partial charge in [0, 0.05) is 31.9 Å². The van der Waals surface area contributed by atoms with Gasteiger partial charge in [0.25, 0.3) is 0 Å². The number of benzene rings is 2. The Morgan fingerprint density at radius 1 is 1.06 bits per heavy atom. The van der Waals surface area contributed by atoms with Crippen molar-refractivity contribution in [1.29, 1.82) is 0 Å². The molecule has 6 heteroatoms. The maximum atomic E-state index is 11.4. The van der Waals surface area contributed by atoms with Crippen molar-refractivity contribution in [2.24, 2.45) is 5.73 Å². The molecule has 1 amide bonds. The smallest absolute Gasteiger partial charge is 0.234 e. The Bertz CT molecular complexity index is 980. The molecule has 2 aliphatic heterocycles. The second-order valence-electron chi connectivity index (χ2n) is 9.13. The Labute approximate surface area is 197 Å². The summed E-state index contributed by atoms with van der Waals surface area (Å²) in [6, 6.07) is 14.6. The number of primary amides is 1. The van der Waals surface area contributed by atoms with E-state index in [0.29, 0.717) is 6.54 Å². The van der Waals surface area contributed by atoms with Gasteiger partial charge in [-0.2, -0.15) is 0 Å². The number of carbonyl (C=O) groups excluding carboxylic acids is 1. The number of hydrogen-bond acceptors (Lipinski definition) is 5. The zero-order valence-corrected chi connectivity index (χ0v) is 19.8. The lowest BCUT2D eigenvalue weighted by atomic mass is 9.97. The molecule has 2 aliphatic rings. The van der Waals surface area contributed by atoms with Crippen molar-refractivity contribution in [1.82, 2.24) is 10.2 Å². The summed E-state index contributed by atoms with van der Waals surface area (Å²) >= 11 is 0. The van der Waals surface area contributed by atoms with Crippen LogP contribution in [-0.4, -0.2) is 63.2 Å². The second-order valence-corrected chi connectivity index (χ2v) is 9.13. The first-order valence-electron chi connectivity index (χ1n) is 12.0. The molecule has 0 saturated carbocycles. The molecule has 0 unspecified atom stereocenters. The van der Waals surface area contributed by atoms with Crippen molar-refractivity contribution in [3.05, 3.63) is 53.6 Å². The number of nitrogens with zero attached hydrogens (tertiary/aromatic N) is 2. The maximum Gasteiger partial charge on any atom is 0.234 e. The van der Waals surface area contributed by atoms with Gasteiger partial charge in [-0.3, -0.25) is 4.79 Å². The van der Waals surface area contributed by atoms with Crippen LogP contribution in [-0.2, 0) is 4.79 Å². The minimum absolute atomic E-state index is 0.321. The van der Waals surface area contributed by atoms with Gasteiger partial charge in [-0.1, -0.05) is 36.8 Å². The topological polar surface area (TPSA) is 70.8 Å². The maximum absolute atomic E-state index is 11.4. The molecule has 4 rings (SSSR count). The minimum atomic E-state index is -0.341. The first-order chi connectivity index (χ1) is 16.0. The van der Waals surface area contributed by atoms with Gasteiger partial charge < -0.3 is 25.6 Å². The highest BCUT2D eigenvalue weighted by molar-refractivity contribution is 5.80. The lowest BCUT2D eigenvalue weighted by Gasteiger charge is -2.35. The van der Waals surface area contributed by atoms with Crippen LogP contribution in [0.5, 0.6) is 5.75 Å². The van der Waals surface area contributed by atoms with Crippen molar-refractivity contribution in [2.75, 3.05) is 51.3 Å². The Morgan fingerprint density at radius 3 is 2.48 bits per heavy atom. The fraction of sp³-hybridized carbons (Fsp3) is 0.444. The number of nitrogens with two attached hydrogens (primary N) is 1. The summed E-state index contributed by atoms with van der Waals surface area (Å²) < 4.78 is 5.31. The predicted molar refractivity (Wildman–Crippen MR) is 136 cm³/mol. The van der Waals surface area contributed by atoms with Crippen LogP contribution in [0.25, 0.3) is 17.2 Å². The summed E-state index contributed by atoms with van der Waals surface area (Å²) in [7, 11) is 1.69. The van der Waals surface area contributed by atoms with Crippen molar-refractivity contribution in [3.8, 4) is 16.9 Å². The van der Waals surface area contributed by atoms with Gasteiger partial charge in [-0.15, -0.1) is 0 Å². The van der Waals surface area contributed by atoms with E-state index < -0.39 is 0 Å². The molecule has 176 valence electrons. The Kier molecular flexibility index (Phi) is 7.68. The number of rotatable bonds is 9. The zero-order valence-electron chi connectivity index (χ0n) is 19.8. The molecule has 2 heterocycles. The second kappa shape index (κ2) is 10.9. The number of ether oxygens (including phenoxy) is 1. The quantitative estimate of drug-likeness (QED) is 0.614. The van der Waals surface area contributed by atoms with Crippen LogP contribution < -0.4 is 20.7 Å². The number of methoxy groups -OCH3 is 1. The average Bonchev–Trinajstić information content (AvgIpc) is 2.86. The molecule has 2 aromatic carbocycles. The monoisotopic (exact) mass is 448 g/mol. The predicted octanol–water partition coefficient (Wildman–Crippen LogP) is 3.51. The number of carbonyl (C=O) groups is 1. The van der Waals surface area contributed by atoms with Gasteiger partial charge in [0.05, 0.1) is 13.2 Å². The summed E-state index contributed by atoms with van der Waals surface area (Å²) in [5, 5.41) is 3.26. The molecule has 3 N–H and O–H groups in total. The first-order valence-corrected chi connectivity index (χ1v) is 12.0. The van der Waals surface area contributed by atoms with E-state index in [1.807, 2.05) is 19.1 Å².